The molecule has 1 aliphatic heterocycles. The van der Waals surface area contributed by atoms with Crippen molar-refractivity contribution in [1.29, 1.82) is 0 Å². The molecule has 0 saturated carbocycles. The Morgan fingerprint density at radius 1 is 1.50 bits per heavy atom. The molecule has 1 saturated heterocycles. The highest BCUT2D eigenvalue weighted by molar-refractivity contribution is 5.97. The van der Waals surface area contributed by atoms with Crippen LogP contribution in [-0.4, -0.2) is 36.5 Å². The second-order valence-electron chi connectivity index (χ2n) is 5.29. The zero-order chi connectivity index (χ0) is 14.5. The van der Waals surface area contributed by atoms with Gasteiger partial charge in [-0.1, -0.05) is 0 Å². The maximum absolute atomic E-state index is 12.1. The summed E-state index contributed by atoms with van der Waals surface area (Å²) in [5, 5.41) is 8.97. The van der Waals surface area contributed by atoms with E-state index in [1.54, 1.807) is 13.0 Å². The topological polar surface area (TPSA) is 83.4 Å². The summed E-state index contributed by atoms with van der Waals surface area (Å²) in [6.07, 6.45) is 4.61. The minimum absolute atomic E-state index is 0.152. The van der Waals surface area contributed by atoms with Gasteiger partial charge < -0.3 is 20.4 Å². The number of rotatable bonds is 4. The molecule has 3 unspecified atom stereocenters. The van der Waals surface area contributed by atoms with E-state index in [4.69, 9.17) is 4.42 Å². The lowest BCUT2D eigenvalue weighted by Crippen LogP contribution is -2.52. The minimum atomic E-state index is -0.567. The number of nitrogens with one attached hydrogen (secondary N) is 3. The lowest BCUT2D eigenvalue weighted by Gasteiger charge is -2.29. The van der Waals surface area contributed by atoms with Crippen molar-refractivity contribution < 1.29 is 14.0 Å². The molecular weight excluding hydrogens is 258 g/mol. The Hall–Kier alpha value is -1.82. The second-order valence-corrected chi connectivity index (χ2v) is 5.29. The van der Waals surface area contributed by atoms with Crippen LogP contribution in [0.4, 0.5) is 0 Å². The summed E-state index contributed by atoms with van der Waals surface area (Å²) in [6.45, 7) is 4.68. The first-order chi connectivity index (χ1) is 9.56. The van der Waals surface area contributed by atoms with Crippen LogP contribution in [0.1, 0.15) is 37.0 Å². The standard InChI is InChI=1S/C14H21N3O3/c1-9-7-12(3-5-15-9)17-13(18)10(2)16-14(19)11-4-6-20-8-11/h4,6,8-10,12,15H,3,5,7H2,1-2H3,(H,16,19)(H,17,18). The lowest BCUT2D eigenvalue weighted by molar-refractivity contribution is -0.123. The number of furan rings is 1. The van der Waals surface area contributed by atoms with Crippen molar-refractivity contribution in [1.82, 2.24) is 16.0 Å². The molecule has 2 amide bonds. The first-order valence-corrected chi connectivity index (χ1v) is 6.93. The van der Waals surface area contributed by atoms with Crippen LogP contribution in [0.5, 0.6) is 0 Å². The van der Waals surface area contributed by atoms with E-state index in [0.29, 0.717) is 11.6 Å². The van der Waals surface area contributed by atoms with Crippen molar-refractivity contribution in [2.75, 3.05) is 6.54 Å². The molecule has 2 heterocycles. The van der Waals surface area contributed by atoms with E-state index in [0.717, 1.165) is 19.4 Å². The molecule has 1 aliphatic rings. The van der Waals surface area contributed by atoms with Crippen molar-refractivity contribution in [3.8, 4) is 0 Å². The van der Waals surface area contributed by atoms with Crippen LogP contribution in [0.15, 0.2) is 23.0 Å². The molecular formula is C14H21N3O3. The second kappa shape index (κ2) is 6.56. The molecule has 3 N–H and O–H groups in total. The third-order valence-corrected chi connectivity index (χ3v) is 3.49. The molecule has 0 spiro atoms. The van der Waals surface area contributed by atoms with Crippen molar-refractivity contribution in [3.63, 3.8) is 0 Å². The van der Waals surface area contributed by atoms with Gasteiger partial charge in [-0.05, 0) is 39.3 Å². The molecule has 6 nitrogen and oxygen atoms in total. The predicted molar refractivity (Wildman–Crippen MR) is 74.3 cm³/mol. The molecule has 1 aromatic heterocycles. The first-order valence-electron chi connectivity index (χ1n) is 6.93. The Morgan fingerprint density at radius 2 is 2.30 bits per heavy atom. The normalized spacial score (nSPS) is 23.9. The molecule has 3 atom stereocenters. The Morgan fingerprint density at radius 3 is 2.95 bits per heavy atom. The van der Waals surface area contributed by atoms with Gasteiger partial charge >= 0.3 is 0 Å². The minimum Gasteiger partial charge on any atom is -0.472 e. The molecule has 0 radical (unpaired) electrons. The van der Waals surface area contributed by atoms with E-state index in [-0.39, 0.29) is 17.9 Å². The Balaban J connectivity index is 1.81. The maximum atomic E-state index is 12.1. The average molecular weight is 279 g/mol. The van der Waals surface area contributed by atoms with Gasteiger partial charge in [-0.25, -0.2) is 0 Å². The van der Waals surface area contributed by atoms with Gasteiger partial charge in [0.2, 0.25) is 5.91 Å². The predicted octanol–water partition coefficient (Wildman–Crippen LogP) is 0.655. The van der Waals surface area contributed by atoms with Crippen molar-refractivity contribution in [2.45, 2.75) is 44.8 Å². The Labute approximate surface area is 118 Å². The molecule has 20 heavy (non-hydrogen) atoms. The van der Waals surface area contributed by atoms with Crippen molar-refractivity contribution in [2.24, 2.45) is 0 Å². The van der Waals surface area contributed by atoms with Gasteiger partial charge in [0.1, 0.15) is 12.3 Å². The first kappa shape index (κ1) is 14.6. The Bertz CT molecular complexity index is 458. The molecule has 0 aliphatic carbocycles. The van der Waals surface area contributed by atoms with E-state index < -0.39 is 6.04 Å². The summed E-state index contributed by atoms with van der Waals surface area (Å²) < 4.78 is 4.84. The fourth-order valence-electron chi connectivity index (χ4n) is 2.33. The molecule has 1 aromatic rings. The van der Waals surface area contributed by atoms with Crippen molar-refractivity contribution >= 4 is 11.8 Å². The highest BCUT2D eigenvalue weighted by Gasteiger charge is 2.23. The number of carbonyl (C=O) groups excluding carboxylic acids is 2. The smallest absolute Gasteiger partial charge is 0.255 e. The van der Waals surface area contributed by atoms with Gasteiger partial charge in [-0.3, -0.25) is 9.59 Å². The zero-order valence-electron chi connectivity index (χ0n) is 11.8. The number of carbonyl (C=O) groups is 2. The number of hydrogen-bond acceptors (Lipinski definition) is 4. The largest absolute Gasteiger partial charge is 0.472 e. The van der Waals surface area contributed by atoms with Gasteiger partial charge in [0, 0.05) is 12.1 Å². The van der Waals surface area contributed by atoms with Gasteiger partial charge in [0.05, 0.1) is 11.8 Å². The fraction of sp³-hybridized carbons (Fsp3) is 0.571. The van der Waals surface area contributed by atoms with Gasteiger partial charge in [0.25, 0.3) is 5.91 Å². The molecule has 1 fully saturated rings. The number of hydrogen-bond donors (Lipinski definition) is 3. The van der Waals surface area contributed by atoms with E-state index in [1.165, 1.54) is 12.5 Å². The van der Waals surface area contributed by atoms with Crippen LogP contribution < -0.4 is 16.0 Å². The monoisotopic (exact) mass is 279 g/mol. The molecule has 6 heteroatoms. The summed E-state index contributed by atoms with van der Waals surface area (Å²) in [7, 11) is 0. The van der Waals surface area contributed by atoms with Gasteiger partial charge in [-0.15, -0.1) is 0 Å². The highest BCUT2D eigenvalue weighted by atomic mass is 16.3. The van der Waals surface area contributed by atoms with E-state index in [1.807, 2.05) is 0 Å². The van der Waals surface area contributed by atoms with E-state index in [2.05, 4.69) is 22.9 Å². The molecule has 0 bridgehead atoms. The summed E-state index contributed by atoms with van der Waals surface area (Å²) in [5.41, 5.74) is 0.417. The summed E-state index contributed by atoms with van der Waals surface area (Å²) in [5.74, 6) is -0.457. The van der Waals surface area contributed by atoms with Gasteiger partial charge in [0.15, 0.2) is 0 Å². The van der Waals surface area contributed by atoms with Crippen LogP contribution in [0.3, 0.4) is 0 Å². The van der Waals surface area contributed by atoms with Gasteiger partial charge in [-0.2, -0.15) is 0 Å². The molecule has 0 aromatic carbocycles. The quantitative estimate of drug-likeness (QED) is 0.756. The zero-order valence-corrected chi connectivity index (χ0v) is 11.8. The number of piperidine rings is 1. The third-order valence-electron chi connectivity index (χ3n) is 3.49. The SMILES string of the molecule is CC1CC(NC(=O)C(C)NC(=O)c2ccoc2)CCN1. The lowest BCUT2D eigenvalue weighted by atomic mass is 10.0. The van der Waals surface area contributed by atoms with Crippen LogP contribution in [0.25, 0.3) is 0 Å². The molecule has 2 rings (SSSR count). The van der Waals surface area contributed by atoms with Crippen LogP contribution in [0, 0.1) is 0 Å². The Kier molecular flexibility index (Phi) is 4.79. The van der Waals surface area contributed by atoms with Crippen LogP contribution in [0.2, 0.25) is 0 Å². The van der Waals surface area contributed by atoms with E-state index >= 15 is 0 Å². The van der Waals surface area contributed by atoms with Crippen molar-refractivity contribution in [3.05, 3.63) is 24.2 Å². The fourth-order valence-corrected chi connectivity index (χ4v) is 2.33. The van der Waals surface area contributed by atoms with Crippen LogP contribution in [-0.2, 0) is 4.79 Å². The van der Waals surface area contributed by atoms with E-state index in [9.17, 15) is 9.59 Å². The maximum Gasteiger partial charge on any atom is 0.255 e. The number of amides is 2. The third kappa shape index (κ3) is 3.84. The summed E-state index contributed by atoms with van der Waals surface area (Å²) >= 11 is 0. The van der Waals surface area contributed by atoms with Crippen LogP contribution >= 0.6 is 0 Å². The highest BCUT2D eigenvalue weighted by Crippen LogP contribution is 2.08. The molecule has 110 valence electrons. The average Bonchev–Trinajstić information content (AvgIpc) is 2.92. The summed E-state index contributed by atoms with van der Waals surface area (Å²) in [6, 6.07) is 1.58. The summed E-state index contributed by atoms with van der Waals surface area (Å²) in [4.78, 5) is 23.9.